The molecule has 0 unspecified atom stereocenters. The molecule has 8 heteroatoms. The monoisotopic (exact) mass is 372 g/mol. The molecular weight excluding hydrogens is 356 g/mol. The van der Waals surface area contributed by atoms with E-state index in [-0.39, 0.29) is 0 Å². The number of pyridine rings is 2. The number of carbonyl (C=O) groups is 2. The van der Waals surface area contributed by atoms with Gasteiger partial charge in [0.05, 0.1) is 12.4 Å². The highest BCUT2D eigenvalue weighted by Crippen LogP contribution is 2.05. The fraction of sp³-hybridized carbons (Fsp3) is 0. The molecule has 0 spiro atoms. The molecule has 3 rings (SSSR count). The van der Waals surface area contributed by atoms with E-state index in [9.17, 15) is 9.59 Å². The number of benzene rings is 1. The zero-order valence-corrected chi connectivity index (χ0v) is 14.7. The van der Waals surface area contributed by atoms with Crippen molar-refractivity contribution in [1.82, 2.24) is 20.8 Å². The van der Waals surface area contributed by atoms with Crippen LogP contribution >= 0.6 is 0 Å². The van der Waals surface area contributed by atoms with E-state index in [0.717, 1.165) is 11.1 Å². The summed E-state index contributed by atoms with van der Waals surface area (Å²) in [6.45, 7) is 0. The molecule has 2 N–H and O–H groups in total. The number of hydrazone groups is 2. The van der Waals surface area contributed by atoms with Gasteiger partial charge in [-0.1, -0.05) is 18.2 Å². The predicted octanol–water partition coefficient (Wildman–Crippen LogP) is 2.00. The van der Waals surface area contributed by atoms with Crippen LogP contribution in [0, 0.1) is 0 Å². The molecule has 2 amide bonds. The molecule has 0 saturated carbocycles. The number of carbonyl (C=O) groups excluding carboxylic acids is 2. The molecule has 1 aromatic carbocycles. The summed E-state index contributed by atoms with van der Waals surface area (Å²) in [6, 6.07) is 13.4. The van der Waals surface area contributed by atoms with E-state index >= 15 is 0 Å². The van der Waals surface area contributed by atoms with E-state index in [1.807, 2.05) is 0 Å². The van der Waals surface area contributed by atoms with Gasteiger partial charge in [-0.25, -0.2) is 10.9 Å². The average Bonchev–Trinajstić information content (AvgIpc) is 2.75. The zero-order chi connectivity index (χ0) is 19.6. The van der Waals surface area contributed by atoms with Gasteiger partial charge in [0.1, 0.15) is 0 Å². The third-order valence-corrected chi connectivity index (χ3v) is 3.52. The van der Waals surface area contributed by atoms with Crippen LogP contribution < -0.4 is 10.9 Å². The van der Waals surface area contributed by atoms with Crippen molar-refractivity contribution < 1.29 is 9.59 Å². The summed E-state index contributed by atoms with van der Waals surface area (Å²) in [5.41, 5.74) is 6.93. The Hall–Kier alpha value is -4.20. The molecule has 0 aliphatic carbocycles. The first-order valence-corrected chi connectivity index (χ1v) is 8.29. The average molecular weight is 372 g/mol. The maximum Gasteiger partial charge on any atom is 0.271 e. The van der Waals surface area contributed by atoms with Crippen molar-refractivity contribution in [3.05, 3.63) is 95.6 Å². The van der Waals surface area contributed by atoms with E-state index in [2.05, 4.69) is 31.0 Å². The first kappa shape index (κ1) is 18.6. The topological polar surface area (TPSA) is 109 Å². The molecule has 2 heterocycles. The molecule has 0 atom stereocenters. The summed E-state index contributed by atoms with van der Waals surface area (Å²) in [7, 11) is 0. The summed E-state index contributed by atoms with van der Waals surface area (Å²) in [4.78, 5) is 32.3. The van der Waals surface area contributed by atoms with Gasteiger partial charge in [-0.2, -0.15) is 10.2 Å². The van der Waals surface area contributed by atoms with Crippen LogP contribution in [0.5, 0.6) is 0 Å². The van der Waals surface area contributed by atoms with Gasteiger partial charge in [-0.3, -0.25) is 19.6 Å². The molecule has 8 nitrogen and oxygen atoms in total. The Morgan fingerprint density at radius 1 is 0.750 bits per heavy atom. The highest BCUT2D eigenvalue weighted by Gasteiger charge is 2.09. The summed E-state index contributed by atoms with van der Waals surface area (Å²) < 4.78 is 0. The summed E-state index contributed by atoms with van der Waals surface area (Å²) in [6.07, 6.45) is 9.49. The number of hydrogen-bond acceptors (Lipinski definition) is 6. The highest BCUT2D eigenvalue weighted by atomic mass is 16.2. The van der Waals surface area contributed by atoms with Gasteiger partial charge >= 0.3 is 0 Å². The molecule has 0 saturated heterocycles. The fourth-order valence-electron chi connectivity index (χ4n) is 2.17. The van der Waals surface area contributed by atoms with E-state index < -0.39 is 11.8 Å². The van der Waals surface area contributed by atoms with Gasteiger partial charge in [0, 0.05) is 47.0 Å². The van der Waals surface area contributed by atoms with Crippen molar-refractivity contribution in [1.29, 1.82) is 0 Å². The third-order valence-electron chi connectivity index (χ3n) is 3.52. The smallest absolute Gasteiger partial charge is 0.267 e. The largest absolute Gasteiger partial charge is 0.271 e. The maximum atomic E-state index is 12.2. The number of aromatic nitrogens is 2. The maximum absolute atomic E-state index is 12.2. The van der Waals surface area contributed by atoms with Crippen LogP contribution in [0.25, 0.3) is 0 Å². The Balaban J connectivity index is 1.59. The van der Waals surface area contributed by atoms with Gasteiger partial charge < -0.3 is 0 Å². The number of rotatable bonds is 6. The van der Waals surface area contributed by atoms with Crippen molar-refractivity contribution in [3.63, 3.8) is 0 Å². The quantitative estimate of drug-likeness (QED) is 0.509. The second-order valence-electron chi connectivity index (χ2n) is 5.55. The molecule has 138 valence electrons. The van der Waals surface area contributed by atoms with Gasteiger partial charge in [0.2, 0.25) is 0 Å². The minimum atomic E-state index is -0.436. The first-order chi connectivity index (χ1) is 13.7. The van der Waals surface area contributed by atoms with Crippen LogP contribution in [0.3, 0.4) is 0 Å². The highest BCUT2D eigenvalue weighted by molar-refractivity contribution is 6.00. The fourth-order valence-corrected chi connectivity index (χ4v) is 2.17. The second kappa shape index (κ2) is 9.48. The number of amides is 2. The lowest BCUT2D eigenvalue weighted by atomic mass is 10.1. The Morgan fingerprint density at radius 3 is 1.68 bits per heavy atom. The molecule has 0 aliphatic heterocycles. The Labute approximate surface area is 161 Å². The molecule has 0 bridgehead atoms. The first-order valence-electron chi connectivity index (χ1n) is 8.29. The normalized spacial score (nSPS) is 10.9. The van der Waals surface area contributed by atoms with Crippen LogP contribution in [0.1, 0.15) is 31.8 Å². The Morgan fingerprint density at radius 2 is 1.25 bits per heavy atom. The van der Waals surface area contributed by atoms with E-state index in [1.165, 1.54) is 18.5 Å². The molecule has 0 aliphatic rings. The Kier molecular flexibility index (Phi) is 6.30. The SMILES string of the molecule is O=C(NN=Cc1cccnc1)c1cccc(C(=O)NN=Cc2cccnc2)c1. The molecule has 2 aromatic heterocycles. The minimum Gasteiger partial charge on any atom is -0.267 e. The van der Waals surface area contributed by atoms with Crippen LogP contribution in [0.15, 0.2) is 83.5 Å². The standard InChI is InChI=1S/C20H16N6O2/c27-19(25-23-13-15-4-2-8-21-11-15)17-6-1-7-18(10-17)20(28)26-24-14-16-5-3-9-22-12-16/h1-14H,(H,25,27)(H,26,28). The van der Waals surface area contributed by atoms with Crippen LogP contribution in [0.4, 0.5) is 0 Å². The van der Waals surface area contributed by atoms with Crippen molar-refractivity contribution in [3.8, 4) is 0 Å². The van der Waals surface area contributed by atoms with Crippen LogP contribution in [-0.2, 0) is 0 Å². The van der Waals surface area contributed by atoms with E-state index in [0.29, 0.717) is 11.1 Å². The molecule has 0 fully saturated rings. The predicted molar refractivity (Wildman–Crippen MR) is 105 cm³/mol. The number of nitrogens with zero attached hydrogens (tertiary/aromatic N) is 4. The van der Waals surface area contributed by atoms with Crippen molar-refractivity contribution in [2.45, 2.75) is 0 Å². The Bertz CT molecular complexity index is 925. The van der Waals surface area contributed by atoms with Crippen molar-refractivity contribution >= 4 is 24.2 Å². The lowest BCUT2D eigenvalue weighted by Gasteiger charge is -2.03. The molecular formula is C20H16N6O2. The van der Waals surface area contributed by atoms with Crippen LogP contribution in [0.2, 0.25) is 0 Å². The second-order valence-corrected chi connectivity index (χ2v) is 5.55. The lowest BCUT2D eigenvalue weighted by Crippen LogP contribution is -2.20. The van der Waals surface area contributed by atoms with Crippen molar-refractivity contribution in [2.24, 2.45) is 10.2 Å². The summed E-state index contributed by atoms with van der Waals surface area (Å²) >= 11 is 0. The summed E-state index contributed by atoms with van der Waals surface area (Å²) in [5.74, 6) is -0.873. The van der Waals surface area contributed by atoms with E-state index in [4.69, 9.17) is 0 Å². The minimum absolute atomic E-state index is 0.298. The lowest BCUT2D eigenvalue weighted by molar-refractivity contribution is 0.0954. The summed E-state index contributed by atoms with van der Waals surface area (Å²) in [5, 5.41) is 7.76. The molecule has 28 heavy (non-hydrogen) atoms. The molecule has 3 aromatic rings. The van der Waals surface area contributed by atoms with Gasteiger partial charge in [0.15, 0.2) is 0 Å². The van der Waals surface area contributed by atoms with Gasteiger partial charge in [-0.05, 0) is 30.3 Å². The number of hydrogen-bond donors (Lipinski definition) is 2. The van der Waals surface area contributed by atoms with E-state index in [1.54, 1.807) is 67.3 Å². The molecule has 0 radical (unpaired) electrons. The third kappa shape index (κ3) is 5.40. The van der Waals surface area contributed by atoms with Gasteiger partial charge in [-0.15, -0.1) is 0 Å². The van der Waals surface area contributed by atoms with Crippen LogP contribution in [-0.4, -0.2) is 34.2 Å². The van der Waals surface area contributed by atoms with Gasteiger partial charge in [0.25, 0.3) is 11.8 Å². The van der Waals surface area contributed by atoms with Crippen molar-refractivity contribution in [2.75, 3.05) is 0 Å². The number of nitrogens with one attached hydrogen (secondary N) is 2. The zero-order valence-electron chi connectivity index (χ0n) is 14.7.